The van der Waals surface area contributed by atoms with E-state index in [1.54, 1.807) is 19.1 Å². The zero-order valence-electron chi connectivity index (χ0n) is 12.9. The van der Waals surface area contributed by atoms with Crippen LogP contribution >= 0.6 is 11.6 Å². The molecule has 0 aliphatic rings. The summed E-state index contributed by atoms with van der Waals surface area (Å²) in [5, 5.41) is 11.8. The van der Waals surface area contributed by atoms with Crippen LogP contribution in [-0.2, 0) is 0 Å². The highest BCUT2D eigenvalue weighted by atomic mass is 35.5. The lowest BCUT2D eigenvalue weighted by molar-refractivity contribution is 0.311. The number of rotatable bonds is 6. The van der Waals surface area contributed by atoms with E-state index in [-0.39, 0.29) is 17.2 Å². The molecular weight excluding hydrogens is 322 g/mol. The Morgan fingerprint density at radius 1 is 1.43 bits per heavy atom. The van der Waals surface area contributed by atoms with Gasteiger partial charge in [0.1, 0.15) is 5.69 Å². The van der Waals surface area contributed by atoms with Crippen molar-refractivity contribution in [2.45, 2.75) is 13.8 Å². The number of anilines is 1. The Kier molecular flexibility index (Phi) is 5.53. The number of hydrazone groups is 1. The highest BCUT2D eigenvalue weighted by Gasteiger charge is 2.10. The van der Waals surface area contributed by atoms with Crippen LogP contribution in [0, 0.1) is 6.92 Å². The average molecular weight is 338 g/mol. The number of aromatic nitrogens is 3. The fourth-order valence-electron chi connectivity index (χ4n) is 1.71. The van der Waals surface area contributed by atoms with E-state index in [0.29, 0.717) is 28.7 Å². The Hall–Kier alpha value is -2.61. The maximum absolute atomic E-state index is 11.4. The molecule has 0 fully saturated rings. The Labute approximate surface area is 137 Å². The first kappa shape index (κ1) is 16.8. The molecule has 0 saturated carbocycles. The molecule has 0 aliphatic carbocycles. The van der Waals surface area contributed by atoms with Gasteiger partial charge in [0.2, 0.25) is 5.95 Å². The van der Waals surface area contributed by atoms with Crippen LogP contribution in [0.1, 0.15) is 18.2 Å². The van der Waals surface area contributed by atoms with Crippen LogP contribution in [0.2, 0.25) is 5.02 Å². The van der Waals surface area contributed by atoms with Crippen molar-refractivity contribution in [3.63, 3.8) is 0 Å². The van der Waals surface area contributed by atoms with E-state index in [4.69, 9.17) is 21.1 Å². The minimum absolute atomic E-state index is 0.140. The number of nitrogens with one attached hydrogen (secondary N) is 2. The molecule has 0 saturated heterocycles. The lowest BCUT2D eigenvalue weighted by Gasteiger charge is -2.11. The van der Waals surface area contributed by atoms with E-state index in [9.17, 15) is 4.79 Å². The molecule has 8 nitrogen and oxygen atoms in total. The van der Waals surface area contributed by atoms with Gasteiger partial charge in [0.05, 0.1) is 25.0 Å². The first-order valence-corrected chi connectivity index (χ1v) is 7.16. The van der Waals surface area contributed by atoms with Crippen LogP contribution in [0.25, 0.3) is 0 Å². The predicted octanol–water partition coefficient (Wildman–Crippen LogP) is 1.98. The lowest BCUT2D eigenvalue weighted by atomic mass is 10.2. The van der Waals surface area contributed by atoms with Crippen molar-refractivity contribution in [3.8, 4) is 11.5 Å². The number of aryl methyl sites for hydroxylation is 1. The predicted molar refractivity (Wildman–Crippen MR) is 87.8 cm³/mol. The number of aromatic amines is 1. The molecule has 0 amide bonds. The number of ether oxygens (including phenoxy) is 2. The number of nitrogens with zero attached hydrogens (tertiary/aromatic N) is 3. The smallest absolute Gasteiger partial charge is 0.274 e. The SMILES string of the molecule is CCOc1c(Cl)cc(/C=N\Nc2nnc(C)c(=O)[nH]2)cc1OC. The lowest BCUT2D eigenvalue weighted by Crippen LogP contribution is -2.15. The Morgan fingerprint density at radius 3 is 2.87 bits per heavy atom. The third-order valence-corrected chi connectivity index (χ3v) is 3.07. The summed E-state index contributed by atoms with van der Waals surface area (Å²) in [7, 11) is 1.53. The highest BCUT2D eigenvalue weighted by molar-refractivity contribution is 6.32. The fraction of sp³-hybridized carbons (Fsp3) is 0.286. The van der Waals surface area contributed by atoms with E-state index in [0.717, 1.165) is 0 Å². The van der Waals surface area contributed by atoms with Gasteiger partial charge in [-0.25, -0.2) is 5.43 Å². The number of benzene rings is 1. The molecule has 0 radical (unpaired) electrons. The van der Waals surface area contributed by atoms with E-state index < -0.39 is 0 Å². The van der Waals surface area contributed by atoms with Crippen molar-refractivity contribution in [1.82, 2.24) is 15.2 Å². The van der Waals surface area contributed by atoms with E-state index in [1.807, 2.05) is 6.92 Å². The van der Waals surface area contributed by atoms with Gasteiger partial charge in [0.15, 0.2) is 11.5 Å². The maximum Gasteiger partial charge on any atom is 0.274 e. The molecule has 0 bridgehead atoms. The van der Waals surface area contributed by atoms with Crippen LogP contribution in [0.4, 0.5) is 5.95 Å². The maximum atomic E-state index is 11.4. The second kappa shape index (κ2) is 7.59. The van der Waals surface area contributed by atoms with Gasteiger partial charge in [-0.3, -0.25) is 9.78 Å². The van der Waals surface area contributed by atoms with Crippen LogP contribution in [-0.4, -0.2) is 35.1 Å². The molecule has 1 heterocycles. The highest BCUT2D eigenvalue weighted by Crippen LogP contribution is 2.35. The molecule has 1 aromatic heterocycles. The first-order chi connectivity index (χ1) is 11.0. The molecule has 0 spiro atoms. The third kappa shape index (κ3) is 4.19. The summed E-state index contributed by atoms with van der Waals surface area (Å²) in [5.41, 5.74) is 3.22. The minimum atomic E-state index is -0.330. The van der Waals surface area contributed by atoms with Gasteiger partial charge in [0.25, 0.3) is 5.56 Å². The number of hydrogen-bond acceptors (Lipinski definition) is 7. The molecule has 0 unspecified atom stereocenters. The van der Waals surface area contributed by atoms with Crippen molar-refractivity contribution >= 4 is 23.8 Å². The summed E-state index contributed by atoms with van der Waals surface area (Å²) in [5.74, 6) is 1.13. The van der Waals surface area contributed by atoms with Gasteiger partial charge in [-0.1, -0.05) is 11.6 Å². The second-order valence-corrected chi connectivity index (χ2v) is 4.83. The molecule has 23 heavy (non-hydrogen) atoms. The van der Waals surface area contributed by atoms with Crippen molar-refractivity contribution in [3.05, 3.63) is 38.8 Å². The summed E-state index contributed by atoms with van der Waals surface area (Å²) >= 11 is 6.17. The van der Waals surface area contributed by atoms with E-state index in [1.165, 1.54) is 13.3 Å². The van der Waals surface area contributed by atoms with Gasteiger partial charge in [-0.05, 0) is 31.5 Å². The van der Waals surface area contributed by atoms with E-state index in [2.05, 4.69) is 25.7 Å². The molecule has 2 rings (SSSR count). The van der Waals surface area contributed by atoms with Gasteiger partial charge in [-0.2, -0.15) is 5.10 Å². The van der Waals surface area contributed by atoms with Crippen LogP contribution in [0.5, 0.6) is 11.5 Å². The summed E-state index contributed by atoms with van der Waals surface area (Å²) in [6.07, 6.45) is 1.50. The van der Waals surface area contributed by atoms with Gasteiger partial charge in [0, 0.05) is 0 Å². The monoisotopic (exact) mass is 337 g/mol. The summed E-state index contributed by atoms with van der Waals surface area (Å²) in [6, 6.07) is 3.41. The summed E-state index contributed by atoms with van der Waals surface area (Å²) < 4.78 is 10.7. The van der Waals surface area contributed by atoms with Crippen molar-refractivity contribution in [2.24, 2.45) is 5.10 Å². The Morgan fingerprint density at radius 2 is 2.22 bits per heavy atom. The third-order valence-electron chi connectivity index (χ3n) is 2.79. The van der Waals surface area contributed by atoms with Crippen molar-refractivity contribution < 1.29 is 9.47 Å². The minimum Gasteiger partial charge on any atom is -0.493 e. The average Bonchev–Trinajstić information content (AvgIpc) is 2.53. The Bertz CT molecular complexity index is 775. The van der Waals surface area contributed by atoms with Gasteiger partial charge >= 0.3 is 0 Å². The molecule has 2 N–H and O–H groups in total. The normalized spacial score (nSPS) is 10.8. The van der Waals surface area contributed by atoms with Crippen LogP contribution < -0.4 is 20.5 Å². The van der Waals surface area contributed by atoms with Crippen molar-refractivity contribution in [2.75, 3.05) is 19.1 Å². The fourth-order valence-corrected chi connectivity index (χ4v) is 1.98. The van der Waals surface area contributed by atoms with Crippen LogP contribution in [0.15, 0.2) is 22.0 Å². The van der Waals surface area contributed by atoms with Gasteiger partial charge < -0.3 is 9.47 Å². The zero-order chi connectivity index (χ0) is 16.8. The molecular formula is C14H16ClN5O3. The number of halogens is 1. The number of methoxy groups -OCH3 is 1. The molecule has 9 heteroatoms. The summed E-state index contributed by atoms with van der Waals surface area (Å²) in [6.45, 7) is 3.90. The standard InChI is InChI=1S/C14H16ClN5O3/c1-4-23-12-10(15)5-9(6-11(12)22-3)7-16-19-14-17-13(21)8(2)18-20-14/h5-7H,4H2,1-3H3,(H2,17,19,20,21)/b16-7-. The second-order valence-electron chi connectivity index (χ2n) is 4.43. The zero-order valence-corrected chi connectivity index (χ0v) is 13.6. The largest absolute Gasteiger partial charge is 0.493 e. The molecule has 1 aromatic carbocycles. The number of hydrogen-bond donors (Lipinski definition) is 2. The number of H-pyrrole nitrogens is 1. The molecule has 122 valence electrons. The Balaban J connectivity index is 2.17. The topological polar surface area (TPSA) is 101 Å². The first-order valence-electron chi connectivity index (χ1n) is 6.78. The van der Waals surface area contributed by atoms with Crippen molar-refractivity contribution in [1.29, 1.82) is 0 Å². The van der Waals surface area contributed by atoms with E-state index >= 15 is 0 Å². The molecule has 2 aromatic rings. The van der Waals surface area contributed by atoms with Gasteiger partial charge in [-0.15, -0.1) is 10.2 Å². The summed E-state index contributed by atoms with van der Waals surface area (Å²) in [4.78, 5) is 13.9. The molecule has 0 atom stereocenters. The van der Waals surface area contributed by atoms with Crippen LogP contribution in [0.3, 0.4) is 0 Å². The quantitative estimate of drug-likeness (QED) is 0.617. The molecule has 0 aliphatic heterocycles.